The van der Waals surface area contributed by atoms with Gasteiger partial charge in [0.15, 0.2) is 0 Å². The lowest BCUT2D eigenvalue weighted by Gasteiger charge is -2.28. The summed E-state index contributed by atoms with van der Waals surface area (Å²) in [7, 11) is 1.89. The minimum Gasteiger partial charge on any atom is -0.391 e. The van der Waals surface area contributed by atoms with Crippen LogP contribution in [0.25, 0.3) is 0 Å². The lowest BCUT2D eigenvalue weighted by atomic mass is 9.93. The molecule has 1 aliphatic rings. The van der Waals surface area contributed by atoms with Crippen molar-refractivity contribution in [1.82, 2.24) is 20.4 Å². The van der Waals surface area contributed by atoms with Crippen LogP contribution >= 0.6 is 0 Å². The summed E-state index contributed by atoms with van der Waals surface area (Å²) in [6.07, 6.45) is 8.99. The summed E-state index contributed by atoms with van der Waals surface area (Å²) < 4.78 is 1.78. The van der Waals surface area contributed by atoms with Crippen LogP contribution in [0.4, 0.5) is 4.79 Å². The first kappa shape index (κ1) is 14.8. The van der Waals surface area contributed by atoms with Gasteiger partial charge in [-0.1, -0.05) is 12.8 Å². The van der Waals surface area contributed by atoms with E-state index in [2.05, 4.69) is 15.7 Å². The zero-order valence-electron chi connectivity index (χ0n) is 12.0. The Morgan fingerprint density at radius 2 is 2.30 bits per heavy atom. The average Bonchev–Trinajstić information content (AvgIpc) is 2.83. The number of aryl methyl sites for hydroxylation is 2. The highest BCUT2D eigenvalue weighted by Gasteiger charge is 2.24. The predicted octanol–water partition coefficient (Wildman–Crippen LogP) is 0.955. The molecule has 3 N–H and O–H groups in total. The second kappa shape index (κ2) is 7.28. The van der Waals surface area contributed by atoms with Crippen molar-refractivity contribution in [2.75, 3.05) is 6.54 Å². The molecule has 2 atom stereocenters. The Morgan fingerprint density at radius 3 is 3.00 bits per heavy atom. The molecule has 1 aromatic heterocycles. The van der Waals surface area contributed by atoms with Crippen LogP contribution in [-0.4, -0.2) is 39.6 Å². The number of aromatic nitrogens is 2. The lowest BCUT2D eigenvalue weighted by Crippen LogP contribution is -2.49. The summed E-state index contributed by atoms with van der Waals surface area (Å²) >= 11 is 0. The number of carbonyl (C=O) groups is 1. The van der Waals surface area contributed by atoms with Crippen LogP contribution in [0.2, 0.25) is 0 Å². The Kier molecular flexibility index (Phi) is 5.40. The monoisotopic (exact) mass is 280 g/mol. The molecule has 0 aliphatic heterocycles. The van der Waals surface area contributed by atoms with Gasteiger partial charge < -0.3 is 15.7 Å². The van der Waals surface area contributed by atoms with Crippen molar-refractivity contribution >= 4 is 6.03 Å². The van der Waals surface area contributed by atoms with Gasteiger partial charge in [0.1, 0.15) is 0 Å². The molecule has 20 heavy (non-hydrogen) atoms. The van der Waals surface area contributed by atoms with E-state index in [0.29, 0.717) is 6.54 Å². The van der Waals surface area contributed by atoms with Crippen molar-refractivity contribution in [3.63, 3.8) is 0 Å². The Hall–Kier alpha value is -1.56. The topological polar surface area (TPSA) is 79.2 Å². The zero-order valence-corrected chi connectivity index (χ0v) is 12.0. The number of nitrogens with zero attached hydrogens (tertiary/aromatic N) is 2. The van der Waals surface area contributed by atoms with Gasteiger partial charge in [-0.3, -0.25) is 4.68 Å². The van der Waals surface area contributed by atoms with Crippen LogP contribution in [0, 0.1) is 0 Å². The van der Waals surface area contributed by atoms with E-state index in [1.807, 2.05) is 19.4 Å². The molecule has 0 saturated heterocycles. The minimum absolute atomic E-state index is 0.0953. The van der Waals surface area contributed by atoms with Gasteiger partial charge in [0, 0.05) is 19.8 Å². The number of rotatable bonds is 5. The minimum atomic E-state index is -0.398. The number of carbonyl (C=O) groups excluding carboxylic acids is 1. The van der Waals surface area contributed by atoms with Gasteiger partial charge >= 0.3 is 6.03 Å². The number of aliphatic hydroxyl groups excluding tert-OH is 1. The quantitative estimate of drug-likeness (QED) is 0.703. The largest absolute Gasteiger partial charge is 0.391 e. The van der Waals surface area contributed by atoms with Crippen LogP contribution in [0.5, 0.6) is 0 Å². The number of aliphatic hydroxyl groups is 1. The molecule has 2 rings (SSSR count). The second-order valence-corrected chi connectivity index (χ2v) is 5.48. The van der Waals surface area contributed by atoms with Gasteiger partial charge in [-0.05, 0) is 31.2 Å². The van der Waals surface area contributed by atoms with E-state index in [0.717, 1.165) is 38.5 Å². The van der Waals surface area contributed by atoms with Crippen molar-refractivity contribution in [1.29, 1.82) is 0 Å². The molecule has 0 bridgehead atoms. The number of nitrogens with one attached hydrogen (secondary N) is 2. The molecule has 1 aromatic rings. The molecule has 0 spiro atoms. The van der Waals surface area contributed by atoms with E-state index in [9.17, 15) is 9.90 Å². The third kappa shape index (κ3) is 4.52. The highest BCUT2D eigenvalue weighted by Crippen LogP contribution is 2.18. The van der Waals surface area contributed by atoms with Gasteiger partial charge in [0.25, 0.3) is 0 Å². The molecule has 6 heteroatoms. The standard InChI is InChI=1S/C14H24N4O2/c1-18-10-11(9-16-18)5-4-8-15-14(20)17-12-6-2-3-7-13(12)19/h9-10,12-13,19H,2-8H2,1H3,(H2,15,17,20). The van der Waals surface area contributed by atoms with E-state index in [1.165, 1.54) is 5.56 Å². The fourth-order valence-corrected chi connectivity index (χ4v) is 2.59. The Morgan fingerprint density at radius 1 is 1.50 bits per heavy atom. The van der Waals surface area contributed by atoms with Crippen molar-refractivity contribution in [2.24, 2.45) is 7.05 Å². The van der Waals surface area contributed by atoms with E-state index in [-0.39, 0.29) is 12.1 Å². The molecule has 0 aromatic carbocycles. The third-order valence-electron chi connectivity index (χ3n) is 3.73. The molecular formula is C14H24N4O2. The van der Waals surface area contributed by atoms with Crippen LogP contribution in [0.1, 0.15) is 37.7 Å². The maximum Gasteiger partial charge on any atom is 0.315 e. The molecular weight excluding hydrogens is 256 g/mol. The van der Waals surface area contributed by atoms with Gasteiger partial charge in [0.05, 0.1) is 18.3 Å². The highest BCUT2D eigenvalue weighted by molar-refractivity contribution is 5.74. The van der Waals surface area contributed by atoms with Gasteiger partial charge in [-0.25, -0.2) is 4.79 Å². The zero-order chi connectivity index (χ0) is 14.4. The van der Waals surface area contributed by atoms with Crippen LogP contribution in [0.15, 0.2) is 12.4 Å². The van der Waals surface area contributed by atoms with Crippen LogP contribution < -0.4 is 10.6 Å². The van der Waals surface area contributed by atoms with E-state index in [1.54, 1.807) is 4.68 Å². The van der Waals surface area contributed by atoms with E-state index < -0.39 is 6.10 Å². The molecule has 2 amide bonds. The predicted molar refractivity (Wildman–Crippen MR) is 76.3 cm³/mol. The molecule has 1 aliphatic carbocycles. The third-order valence-corrected chi connectivity index (χ3v) is 3.73. The maximum atomic E-state index is 11.7. The van der Waals surface area contributed by atoms with Crippen molar-refractivity contribution in [3.05, 3.63) is 18.0 Å². The van der Waals surface area contributed by atoms with Gasteiger partial charge in [-0.2, -0.15) is 5.10 Å². The van der Waals surface area contributed by atoms with Crippen molar-refractivity contribution in [3.8, 4) is 0 Å². The molecule has 2 unspecified atom stereocenters. The van der Waals surface area contributed by atoms with Gasteiger partial charge in [-0.15, -0.1) is 0 Å². The van der Waals surface area contributed by atoms with Gasteiger partial charge in [0.2, 0.25) is 0 Å². The number of urea groups is 1. The smallest absolute Gasteiger partial charge is 0.315 e. The maximum absolute atomic E-state index is 11.7. The molecule has 1 fully saturated rings. The summed E-state index contributed by atoms with van der Waals surface area (Å²) in [5.41, 5.74) is 1.18. The van der Waals surface area contributed by atoms with Crippen molar-refractivity contribution < 1.29 is 9.90 Å². The molecule has 0 radical (unpaired) electrons. The number of hydrogen-bond donors (Lipinski definition) is 3. The molecule has 1 heterocycles. The summed E-state index contributed by atoms with van der Waals surface area (Å²) in [6.45, 7) is 0.629. The number of amides is 2. The SMILES string of the molecule is Cn1cc(CCCNC(=O)NC2CCCCC2O)cn1. The first-order chi connectivity index (χ1) is 9.65. The first-order valence-electron chi connectivity index (χ1n) is 7.35. The average molecular weight is 280 g/mol. The normalized spacial score (nSPS) is 22.5. The molecule has 1 saturated carbocycles. The fraction of sp³-hybridized carbons (Fsp3) is 0.714. The summed E-state index contributed by atoms with van der Waals surface area (Å²) in [4.78, 5) is 11.7. The molecule has 112 valence electrons. The second-order valence-electron chi connectivity index (χ2n) is 5.48. The fourth-order valence-electron chi connectivity index (χ4n) is 2.59. The summed E-state index contributed by atoms with van der Waals surface area (Å²) in [5.74, 6) is 0. The van der Waals surface area contributed by atoms with Crippen LogP contribution in [-0.2, 0) is 13.5 Å². The van der Waals surface area contributed by atoms with Crippen LogP contribution in [0.3, 0.4) is 0 Å². The first-order valence-corrected chi connectivity index (χ1v) is 7.35. The lowest BCUT2D eigenvalue weighted by molar-refractivity contribution is 0.0943. The van der Waals surface area contributed by atoms with E-state index >= 15 is 0 Å². The number of hydrogen-bond acceptors (Lipinski definition) is 3. The van der Waals surface area contributed by atoms with E-state index in [4.69, 9.17) is 0 Å². The van der Waals surface area contributed by atoms with Crippen molar-refractivity contribution in [2.45, 2.75) is 50.7 Å². The Labute approximate surface area is 119 Å². The summed E-state index contributed by atoms with van der Waals surface area (Å²) in [6, 6.07) is -0.274. The Balaban J connectivity index is 1.60. The Bertz CT molecular complexity index is 433. The summed E-state index contributed by atoms with van der Waals surface area (Å²) in [5, 5.41) is 19.6. The molecule has 6 nitrogen and oxygen atoms in total. The highest BCUT2D eigenvalue weighted by atomic mass is 16.3.